The van der Waals surface area contributed by atoms with Crippen molar-refractivity contribution in [3.63, 3.8) is 0 Å². The molecule has 9 heteroatoms. The molecular formula is C30H30N4O5. The SMILES string of the molecule is Cc1c(NC(=O)c2ccc(C(C)(C)C)cc2)cccc1-c1cn(C)c(=O)c(Nc2ccc(C(=O)O)c(O)c2)n1. The number of nitrogens with one attached hydrogen (secondary N) is 2. The zero-order valence-electron chi connectivity index (χ0n) is 22.4. The lowest BCUT2D eigenvalue weighted by molar-refractivity contribution is 0.0693. The number of carbonyl (C=O) groups is 2. The molecule has 1 heterocycles. The van der Waals surface area contributed by atoms with Crippen molar-refractivity contribution in [2.75, 3.05) is 10.6 Å². The maximum Gasteiger partial charge on any atom is 0.339 e. The van der Waals surface area contributed by atoms with Crippen LogP contribution in [0.5, 0.6) is 5.75 Å². The van der Waals surface area contributed by atoms with E-state index in [1.165, 1.54) is 22.8 Å². The third-order valence-electron chi connectivity index (χ3n) is 6.43. The van der Waals surface area contributed by atoms with Crippen molar-refractivity contribution in [2.45, 2.75) is 33.1 Å². The molecule has 1 amide bonds. The molecule has 9 nitrogen and oxygen atoms in total. The Morgan fingerprint density at radius 3 is 2.31 bits per heavy atom. The van der Waals surface area contributed by atoms with Crippen molar-refractivity contribution in [3.05, 3.63) is 99.5 Å². The van der Waals surface area contributed by atoms with Crippen molar-refractivity contribution in [3.8, 4) is 17.0 Å². The summed E-state index contributed by atoms with van der Waals surface area (Å²) in [6.07, 6.45) is 1.59. The second-order valence-electron chi connectivity index (χ2n) is 10.3. The molecule has 4 aromatic rings. The summed E-state index contributed by atoms with van der Waals surface area (Å²) < 4.78 is 1.37. The van der Waals surface area contributed by atoms with Crippen LogP contribution in [0.15, 0.2) is 71.7 Å². The van der Waals surface area contributed by atoms with Gasteiger partial charge in [-0.3, -0.25) is 9.59 Å². The first kappa shape index (κ1) is 27.1. The largest absolute Gasteiger partial charge is 0.507 e. The van der Waals surface area contributed by atoms with Crippen molar-refractivity contribution >= 4 is 29.1 Å². The summed E-state index contributed by atoms with van der Waals surface area (Å²) in [6, 6.07) is 16.8. The standard InChI is InChI=1S/C30H30N4O5/c1-17-21(7-6-8-23(17)33-27(36)18-9-11-19(12-10-18)30(2,3)4)24-16-34(5)28(37)26(32-24)31-20-13-14-22(29(38)39)25(35)15-20/h6-16,35H,1-5H3,(H,31,32)(H,33,36)(H,38,39). The Bertz CT molecular complexity index is 1630. The van der Waals surface area contributed by atoms with Crippen LogP contribution in [0.2, 0.25) is 0 Å². The molecule has 4 rings (SSSR count). The van der Waals surface area contributed by atoms with Gasteiger partial charge in [-0.05, 0) is 53.8 Å². The number of amides is 1. The van der Waals surface area contributed by atoms with Gasteiger partial charge in [-0.1, -0.05) is 45.0 Å². The van der Waals surface area contributed by atoms with E-state index >= 15 is 0 Å². The summed E-state index contributed by atoms with van der Waals surface area (Å²) >= 11 is 0. The summed E-state index contributed by atoms with van der Waals surface area (Å²) in [4.78, 5) is 41.4. The van der Waals surface area contributed by atoms with E-state index in [-0.39, 0.29) is 22.7 Å². The second kappa shape index (κ2) is 10.4. The predicted octanol–water partition coefficient (Wildman–Crippen LogP) is 5.45. The normalized spacial score (nSPS) is 11.2. The number of carboxylic acid groups (broad SMARTS) is 1. The maximum atomic E-state index is 13.0. The number of aromatic hydroxyl groups is 1. The lowest BCUT2D eigenvalue weighted by Crippen LogP contribution is -2.21. The van der Waals surface area contributed by atoms with Crippen LogP contribution in [0.25, 0.3) is 11.3 Å². The molecule has 3 aromatic carbocycles. The highest BCUT2D eigenvalue weighted by Crippen LogP contribution is 2.29. The highest BCUT2D eigenvalue weighted by Gasteiger charge is 2.17. The lowest BCUT2D eigenvalue weighted by Gasteiger charge is -2.19. The van der Waals surface area contributed by atoms with Crippen LogP contribution in [0.1, 0.15) is 52.6 Å². The van der Waals surface area contributed by atoms with Gasteiger partial charge in [0, 0.05) is 41.8 Å². The first-order chi connectivity index (χ1) is 18.3. The zero-order chi connectivity index (χ0) is 28.5. The summed E-state index contributed by atoms with van der Waals surface area (Å²) in [5.41, 5.74) is 3.85. The molecule has 1 aromatic heterocycles. The molecular weight excluding hydrogens is 496 g/mol. The summed E-state index contributed by atoms with van der Waals surface area (Å²) in [5, 5.41) is 25.0. The minimum Gasteiger partial charge on any atom is -0.507 e. The molecule has 0 atom stereocenters. The topological polar surface area (TPSA) is 134 Å². The Morgan fingerprint density at radius 2 is 1.69 bits per heavy atom. The van der Waals surface area contributed by atoms with Crippen molar-refractivity contribution in [1.29, 1.82) is 0 Å². The first-order valence-corrected chi connectivity index (χ1v) is 12.3. The van der Waals surface area contributed by atoms with E-state index in [1.807, 2.05) is 37.3 Å². The molecule has 0 bridgehead atoms. The van der Waals surface area contributed by atoms with Crippen LogP contribution in [0.3, 0.4) is 0 Å². The second-order valence-corrected chi connectivity index (χ2v) is 10.3. The fraction of sp³-hybridized carbons (Fsp3) is 0.200. The molecule has 0 radical (unpaired) electrons. The van der Waals surface area contributed by atoms with E-state index in [2.05, 4.69) is 36.4 Å². The maximum absolute atomic E-state index is 13.0. The number of anilines is 3. The van der Waals surface area contributed by atoms with Gasteiger partial charge in [0.15, 0.2) is 5.82 Å². The number of hydrogen-bond donors (Lipinski definition) is 4. The smallest absolute Gasteiger partial charge is 0.339 e. The number of phenols is 1. The number of nitrogens with zero attached hydrogens (tertiary/aromatic N) is 2. The molecule has 0 spiro atoms. The van der Waals surface area contributed by atoms with Crippen LogP contribution in [0.4, 0.5) is 17.2 Å². The average molecular weight is 527 g/mol. The van der Waals surface area contributed by atoms with E-state index in [4.69, 9.17) is 5.11 Å². The molecule has 0 saturated carbocycles. The minimum absolute atomic E-state index is 0.00903. The van der Waals surface area contributed by atoms with Crippen LogP contribution < -0.4 is 16.2 Å². The van der Waals surface area contributed by atoms with Crippen molar-refractivity contribution in [2.24, 2.45) is 7.05 Å². The number of carbonyl (C=O) groups excluding carboxylic acids is 1. The Hall–Kier alpha value is -4.92. The quantitative estimate of drug-likeness (QED) is 0.262. The van der Waals surface area contributed by atoms with Crippen LogP contribution in [-0.4, -0.2) is 31.6 Å². The van der Waals surface area contributed by atoms with Gasteiger partial charge in [-0.25, -0.2) is 9.78 Å². The molecule has 0 aliphatic carbocycles. The Kier molecular flexibility index (Phi) is 7.27. The molecule has 0 aliphatic rings. The molecule has 0 fully saturated rings. The van der Waals surface area contributed by atoms with E-state index < -0.39 is 17.3 Å². The van der Waals surface area contributed by atoms with E-state index in [1.54, 1.807) is 25.4 Å². The highest BCUT2D eigenvalue weighted by atomic mass is 16.4. The van der Waals surface area contributed by atoms with Gasteiger partial charge in [0.2, 0.25) is 0 Å². The fourth-order valence-corrected chi connectivity index (χ4v) is 4.11. The molecule has 0 unspecified atom stereocenters. The van der Waals surface area contributed by atoms with E-state index in [0.717, 1.165) is 11.1 Å². The van der Waals surface area contributed by atoms with E-state index in [9.17, 15) is 19.5 Å². The molecule has 0 saturated heterocycles. The number of hydrogen-bond acceptors (Lipinski definition) is 6. The fourth-order valence-electron chi connectivity index (χ4n) is 4.11. The van der Waals surface area contributed by atoms with Gasteiger partial charge in [-0.15, -0.1) is 0 Å². The number of aryl methyl sites for hydroxylation is 1. The Labute approximate surface area is 225 Å². The minimum atomic E-state index is -1.26. The zero-order valence-corrected chi connectivity index (χ0v) is 22.4. The predicted molar refractivity (Wildman–Crippen MR) is 151 cm³/mol. The summed E-state index contributed by atoms with van der Waals surface area (Å²) in [7, 11) is 1.59. The molecule has 4 N–H and O–H groups in total. The molecule has 200 valence electrons. The van der Waals surface area contributed by atoms with Gasteiger partial charge in [0.25, 0.3) is 11.5 Å². The number of carboxylic acids is 1. The van der Waals surface area contributed by atoms with Gasteiger partial charge in [0.05, 0.1) is 5.69 Å². The number of rotatable bonds is 6. The van der Waals surface area contributed by atoms with Gasteiger partial charge in [0.1, 0.15) is 11.3 Å². The van der Waals surface area contributed by atoms with Gasteiger partial charge in [-0.2, -0.15) is 0 Å². The third kappa shape index (κ3) is 5.82. The van der Waals surface area contributed by atoms with Crippen molar-refractivity contribution < 1.29 is 19.8 Å². The molecule has 39 heavy (non-hydrogen) atoms. The third-order valence-corrected chi connectivity index (χ3v) is 6.43. The van der Waals surface area contributed by atoms with Crippen LogP contribution in [0, 0.1) is 6.92 Å². The Balaban J connectivity index is 1.63. The summed E-state index contributed by atoms with van der Waals surface area (Å²) in [5.74, 6) is -1.95. The molecule has 0 aliphatic heterocycles. The van der Waals surface area contributed by atoms with Gasteiger partial charge >= 0.3 is 5.97 Å². The van der Waals surface area contributed by atoms with Crippen LogP contribution in [-0.2, 0) is 12.5 Å². The number of aromatic nitrogens is 2. The first-order valence-electron chi connectivity index (χ1n) is 12.3. The number of benzene rings is 3. The van der Waals surface area contributed by atoms with E-state index in [0.29, 0.717) is 28.2 Å². The lowest BCUT2D eigenvalue weighted by atomic mass is 9.86. The van der Waals surface area contributed by atoms with Crippen LogP contribution >= 0.6 is 0 Å². The Morgan fingerprint density at radius 1 is 1.00 bits per heavy atom. The van der Waals surface area contributed by atoms with Crippen molar-refractivity contribution in [1.82, 2.24) is 9.55 Å². The number of aromatic carboxylic acids is 1. The monoisotopic (exact) mass is 526 g/mol. The van der Waals surface area contributed by atoms with Gasteiger partial charge < -0.3 is 25.4 Å². The average Bonchev–Trinajstić information content (AvgIpc) is 2.87. The summed E-state index contributed by atoms with van der Waals surface area (Å²) in [6.45, 7) is 8.20. The highest BCUT2D eigenvalue weighted by molar-refractivity contribution is 6.05.